The fraction of sp³-hybridized carbons (Fsp3) is 0.143. The molecule has 0 aliphatic rings. The molecule has 1 aromatic heterocycles. The molecule has 26 heavy (non-hydrogen) atoms. The van der Waals surface area contributed by atoms with Crippen molar-refractivity contribution >= 4 is 22.8 Å². The van der Waals surface area contributed by atoms with Gasteiger partial charge in [0.15, 0.2) is 5.78 Å². The second-order valence-corrected chi connectivity index (χ2v) is 5.67. The number of hydrogen-bond donors (Lipinski definition) is 1. The van der Waals surface area contributed by atoms with Crippen molar-refractivity contribution in [3.05, 3.63) is 82.2 Å². The average molecular weight is 350 g/mol. The number of para-hydroxylation sites is 1. The smallest absolute Gasteiger partial charge is 0.203 e. The summed E-state index contributed by atoms with van der Waals surface area (Å²) in [5.41, 5.74) is 0.869. The van der Waals surface area contributed by atoms with Crippen molar-refractivity contribution in [2.75, 3.05) is 13.2 Å². The molecular formula is C21H18O5. The van der Waals surface area contributed by atoms with E-state index in [0.29, 0.717) is 29.7 Å². The highest BCUT2D eigenvalue weighted by atomic mass is 16.5. The fourth-order valence-corrected chi connectivity index (χ4v) is 2.47. The molecule has 0 aliphatic carbocycles. The molecule has 0 unspecified atom stereocenters. The summed E-state index contributed by atoms with van der Waals surface area (Å²) in [6.07, 6.45) is 4.71. The van der Waals surface area contributed by atoms with Crippen LogP contribution in [0.5, 0.6) is 5.75 Å². The first-order valence-electron chi connectivity index (χ1n) is 8.26. The van der Waals surface area contributed by atoms with E-state index in [2.05, 4.69) is 0 Å². The van der Waals surface area contributed by atoms with Gasteiger partial charge >= 0.3 is 0 Å². The number of aliphatic hydroxyl groups is 1. The van der Waals surface area contributed by atoms with Crippen molar-refractivity contribution in [2.45, 2.75) is 6.42 Å². The Labute approximate surface area is 150 Å². The Morgan fingerprint density at radius 3 is 2.85 bits per heavy atom. The monoisotopic (exact) mass is 350 g/mol. The van der Waals surface area contributed by atoms with Crippen LogP contribution in [0.3, 0.4) is 0 Å². The van der Waals surface area contributed by atoms with E-state index < -0.39 is 5.78 Å². The molecule has 132 valence electrons. The number of benzene rings is 2. The largest absolute Gasteiger partial charge is 0.493 e. The van der Waals surface area contributed by atoms with Gasteiger partial charge < -0.3 is 14.3 Å². The van der Waals surface area contributed by atoms with Crippen LogP contribution in [0.4, 0.5) is 0 Å². The van der Waals surface area contributed by atoms with Gasteiger partial charge in [0.05, 0.1) is 12.0 Å². The fourth-order valence-electron chi connectivity index (χ4n) is 2.47. The van der Waals surface area contributed by atoms with Gasteiger partial charge in [-0.15, -0.1) is 0 Å². The van der Waals surface area contributed by atoms with Gasteiger partial charge in [0.2, 0.25) is 5.43 Å². The van der Waals surface area contributed by atoms with Crippen molar-refractivity contribution < 1.29 is 19.1 Å². The lowest BCUT2D eigenvalue weighted by Gasteiger charge is -2.05. The van der Waals surface area contributed by atoms with Gasteiger partial charge in [-0.05, 0) is 35.9 Å². The zero-order valence-electron chi connectivity index (χ0n) is 14.1. The van der Waals surface area contributed by atoms with Gasteiger partial charge in [0.1, 0.15) is 23.2 Å². The average Bonchev–Trinajstić information content (AvgIpc) is 2.67. The molecule has 0 bridgehead atoms. The molecule has 0 aliphatic heterocycles. The summed E-state index contributed by atoms with van der Waals surface area (Å²) >= 11 is 0. The molecule has 3 aromatic rings. The van der Waals surface area contributed by atoms with Crippen LogP contribution < -0.4 is 10.2 Å². The quantitative estimate of drug-likeness (QED) is 0.401. The van der Waals surface area contributed by atoms with Crippen LogP contribution >= 0.6 is 0 Å². The number of fused-ring (bicyclic) bond motifs is 1. The number of rotatable bonds is 7. The Kier molecular flexibility index (Phi) is 5.61. The number of hydrogen-bond acceptors (Lipinski definition) is 5. The van der Waals surface area contributed by atoms with Crippen LogP contribution in [-0.2, 0) is 0 Å². The Balaban J connectivity index is 1.79. The Hall–Kier alpha value is -3.18. The lowest BCUT2D eigenvalue weighted by molar-refractivity contribution is 0.104. The minimum absolute atomic E-state index is 0.00435. The van der Waals surface area contributed by atoms with Crippen LogP contribution in [0.1, 0.15) is 22.3 Å². The summed E-state index contributed by atoms with van der Waals surface area (Å²) in [6, 6.07) is 14.0. The van der Waals surface area contributed by atoms with Gasteiger partial charge in [-0.1, -0.05) is 30.3 Å². The molecule has 0 radical (unpaired) electrons. The zero-order chi connectivity index (χ0) is 18.4. The number of ketones is 1. The summed E-state index contributed by atoms with van der Waals surface area (Å²) in [7, 11) is 0. The van der Waals surface area contributed by atoms with Gasteiger partial charge in [0, 0.05) is 13.0 Å². The highest BCUT2D eigenvalue weighted by Crippen LogP contribution is 2.16. The van der Waals surface area contributed by atoms with Crippen LogP contribution in [0.2, 0.25) is 0 Å². The van der Waals surface area contributed by atoms with Crippen molar-refractivity contribution in [3.63, 3.8) is 0 Å². The summed E-state index contributed by atoms with van der Waals surface area (Å²) in [5, 5.41) is 9.16. The Bertz CT molecular complexity index is 1000. The van der Waals surface area contributed by atoms with Crippen molar-refractivity contribution in [3.8, 4) is 5.75 Å². The molecule has 0 fully saturated rings. The number of aliphatic hydroxyl groups excluding tert-OH is 1. The van der Waals surface area contributed by atoms with E-state index in [1.54, 1.807) is 42.5 Å². The maximum Gasteiger partial charge on any atom is 0.203 e. The minimum Gasteiger partial charge on any atom is -0.493 e. The number of ether oxygens (including phenoxy) is 1. The van der Waals surface area contributed by atoms with E-state index >= 15 is 0 Å². The van der Waals surface area contributed by atoms with E-state index in [1.807, 2.05) is 12.1 Å². The van der Waals surface area contributed by atoms with Gasteiger partial charge in [0.25, 0.3) is 0 Å². The lowest BCUT2D eigenvalue weighted by Crippen LogP contribution is -2.13. The van der Waals surface area contributed by atoms with E-state index in [1.165, 1.54) is 12.3 Å². The highest BCUT2D eigenvalue weighted by molar-refractivity contribution is 6.07. The van der Waals surface area contributed by atoms with Crippen LogP contribution in [0, 0.1) is 0 Å². The second kappa shape index (κ2) is 8.27. The number of carbonyl (C=O) groups is 1. The molecule has 3 rings (SSSR count). The molecule has 0 saturated carbocycles. The molecule has 1 N–H and O–H groups in total. The Morgan fingerprint density at radius 2 is 2.00 bits per heavy atom. The van der Waals surface area contributed by atoms with E-state index in [0.717, 1.165) is 5.56 Å². The first-order valence-corrected chi connectivity index (χ1v) is 8.26. The molecule has 5 heteroatoms. The maximum absolute atomic E-state index is 12.4. The van der Waals surface area contributed by atoms with Crippen molar-refractivity contribution in [1.82, 2.24) is 0 Å². The maximum atomic E-state index is 12.4. The normalized spacial score (nSPS) is 11.1. The van der Waals surface area contributed by atoms with Crippen LogP contribution in [0.15, 0.2) is 70.1 Å². The van der Waals surface area contributed by atoms with E-state index in [9.17, 15) is 9.59 Å². The zero-order valence-corrected chi connectivity index (χ0v) is 14.1. The lowest BCUT2D eigenvalue weighted by atomic mass is 10.1. The Morgan fingerprint density at radius 1 is 1.15 bits per heavy atom. The van der Waals surface area contributed by atoms with Crippen molar-refractivity contribution in [2.24, 2.45) is 0 Å². The third-order valence-corrected chi connectivity index (χ3v) is 3.80. The molecule has 0 amide bonds. The van der Waals surface area contributed by atoms with Gasteiger partial charge in [-0.25, -0.2) is 0 Å². The molecule has 0 spiro atoms. The third kappa shape index (κ3) is 4.07. The second-order valence-electron chi connectivity index (χ2n) is 5.67. The van der Waals surface area contributed by atoms with Crippen molar-refractivity contribution in [1.29, 1.82) is 0 Å². The van der Waals surface area contributed by atoms with Gasteiger partial charge in [-0.3, -0.25) is 9.59 Å². The number of carbonyl (C=O) groups excluding carboxylic acids is 1. The summed E-state index contributed by atoms with van der Waals surface area (Å²) < 4.78 is 10.9. The van der Waals surface area contributed by atoms with Gasteiger partial charge in [-0.2, -0.15) is 0 Å². The highest BCUT2D eigenvalue weighted by Gasteiger charge is 2.11. The standard InChI is InChI=1S/C21H18O5/c22-11-4-12-25-16-6-3-5-15(13-16)9-10-19(23)18-14-26-20-8-2-1-7-17(20)21(18)24/h1-3,5-10,13-14,22H,4,11-12H2/b10-9+. The summed E-state index contributed by atoms with van der Waals surface area (Å²) in [4.78, 5) is 24.8. The summed E-state index contributed by atoms with van der Waals surface area (Å²) in [5.74, 6) is 0.231. The number of allylic oxidation sites excluding steroid dienone is 1. The van der Waals surface area contributed by atoms with Crippen LogP contribution in [0.25, 0.3) is 17.0 Å². The SMILES string of the molecule is O=C(/C=C/c1cccc(OCCCO)c1)c1coc2ccccc2c1=O. The molecule has 5 nitrogen and oxygen atoms in total. The topological polar surface area (TPSA) is 76.7 Å². The summed E-state index contributed by atoms with van der Waals surface area (Å²) in [6.45, 7) is 0.489. The first-order chi connectivity index (χ1) is 12.7. The predicted molar refractivity (Wildman–Crippen MR) is 99.5 cm³/mol. The predicted octanol–water partition coefficient (Wildman–Crippen LogP) is 3.45. The van der Waals surface area contributed by atoms with E-state index in [-0.39, 0.29) is 17.6 Å². The molecule has 2 aromatic carbocycles. The molecule has 0 saturated heterocycles. The van der Waals surface area contributed by atoms with Crippen LogP contribution in [-0.4, -0.2) is 24.1 Å². The van der Waals surface area contributed by atoms with E-state index in [4.69, 9.17) is 14.3 Å². The third-order valence-electron chi connectivity index (χ3n) is 3.80. The minimum atomic E-state index is -0.420. The molecule has 0 atom stereocenters. The molecule has 1 heterocycles. The first kappa shape index (κ1) is 17.6. The molecular weight excluding hydrogens is 332 g/mol.